The van der Waals surface area contributed by atoms with Crippen LogP contribution < -0.4 is 5.32 Å². The fourth-order valence-electron chi connectivity index (χ4n) is 3.17. The van der Waals surface area contributed by atoms with Gasteiger partial charge in [0.2, 0.25) is 0 Å². The van der Waals surface area contributed by atoms with Crippen LogP contribution in [0.5, 0.6) is 0 Å². The van der Waals surface area contributed by atoms with Crippen LogP contribution in [-0.2, 0) is 11.3 Å². The number of hydrogen-bond donors (Lipinski definition) is 2. The summed E-state index contributed by atoms with van der Waals surface area (Å²) in [6, 6.07) is 8.99. The number of hydrogen-bond acceptors (Lipinski definition) is 4. The molecule has 1 aromatic carbocycles. The molecule has 0 aliphatic heterocycles. The molecule has 1 aliphatic rings. The van der Waals surface area contributed by atoms with Gasteiger partial charge in [0, 0.05) is 29.6 Å². The number of fused-ring (bicyclic) bond motifs is 1. The van der Waals surface area contributed by atoms with Gasteiger partial charge in [-0.15, -0.1) is 0 Å². The number of carboxylic acid groups (broad SMARTS) is 1. The topological polar surface area (TPSA) is 65.7 Å². The molecule has 22 heavy (non-hydrogen) atoms. The highest BCUT2D eigenvalue weighted by atomic mass is 16.4. The highest BCUT2D eigenvalue weighted by molar-refractivity contribution is 5.80. The molecular formula is C17H22N2O3. The molecule has 0 radical (unpaired) electrons. The van der Waals surface area contributed by atoms with E-state index in [2.05, 4.69) is 11.4 Å². The van der Waals surface area contributed by atoms with Gasteiger partial charge in [-0.2, -0.15) is 0 Å². The second-order valence-corrected chi connectivity index (χ2v) is 5.92. The van der Waals surface area contributed by atoms with E-state index in [0.29, 0.717) is 12.1 Å². The van der Waals surface area contributed by atoms with Crippen LogP contribution in [0.25, 0.3) is 11.0 Å². The third kappa shape index (κ3) is 3.15. The summed E-state index contributed by atoms with van der Waals surface area (Å²) < 4.78 is 5.54. The van der Waals surface area contributed by atoms with Crippen molar-refractivity contribution in [3.05, 3.63) is 36.1 Å². The van der Waals surface area contributed by atoms with Crippen molar-refractivity contribution >= 4 is 16.9 Å². The van der Waals surface area contributed by atoms with Crippen LogP contribution >= 0.6 is 0 Å². The van der Waals surface area contributed by atoms with Crippen molar-refractivity contribution < 1.29 is 14.3 Å². The molecule has 2 N–H and O–H groups in total. The van der Waals surface area contributed by atoms with Gasteiger partial charge in [-0.1, -0.05) is 25.1 Å². The summed E-state index contributed by atoms with van der Waals surface area (Å²) in [5.74, 6) is -0.747. The predicted molar refractivity (Wildman–Crippen MR) is 84.7 cm³/mol. The average Bonchev–Trinajstić information content (AvgIpc) is 2.93. The molecule has 1 heterocycles. The number of furan rings is 1. The van der Waals surface area contributed by atoms with Crippen LogP contribution in [0.15, 0.2) is 34.9 Å². The second-order valence-electron chi connectivity index (χ2n) is 5.92. The molecule has 3 rings (SSSR count). The molecule has 0 unspecified atom stereocenters. The van der Waals surface area contributed by atoms with E-state index in [4.69, 9.17) is 9.52 Å². The van der Waals surface area contributed by atoms with Gasteiger partial charge in [0.15, 0.2) is 0 Å². The average molecular weight is 302 g/mol. The smallest absolute Gasteiger partial charge is 0.317 e. The van der Waals surface area contributed by atoms with Crippen LogP contribution in [0.2, 0.25) is 0 Å². The molecular weight excluding hydrogens is 280 g/mol. The fourth-order valence-corrected chi connectivity index (χ4v) is 3.17. The Kier molecular flexibility index (Phi) is 4.45. The van der Waals surface area contributed by atoms with Gasteiger partial charge in [0.05, 0.1) is 12.8 Å². The fraction of sp³-hybridized carbons (Fsp3) is 0.471. The first-order valence-electron chi connectivity index (χ1n) is 7.81. The Morgan fingerprint density at radius 3 is 2.95 bits per heavy atom. The molecule has 2 aromatic rings. The van der Waals surface area contributed by atoms with E-state index in [-0.39, 0.29) is 6.54 Å². The summed E-state index contributed by atoms with van der Waals surface area (Å²) in [6.07, 6.45) is 3.74. The van der Waals surface area contributed by atoms with E-state index in [9.17, 15) is 4.79 Å². The minimum Gasteiger partial charge on any atom is -0.480 e. The Balaban J connectivity index is 1.50. The van der Waals surface area contributed by atoms with Gasteiger partial charge < -0.3 is 14.8 Å². The zero-order valence-electron chi connectivity index (χ0n) is 12.8. The molecule has 0 bridgehead atoms. The highest BCUT2D eigenvalue weighted by Crippen LogP contribution is 2.26. The van der Waals surface area contributed by atoms with Crippen LogP contribution in [0, 0.1) is 0 Å². The van der Waals surface area contributed by atoms with Gasteiger partial charge in [0.1, 0.15) is 5.58 Å². The zero-order valence-corrected chi connectivity index (χ0v) is 12.8. The summed E-state index contributed by atoms with van der Waals surface area (Å²) in [7, 11) is 0. The third-order valence-electron chi connectivity index (χ3n) is 4.52. The number of aliphatic carboxylic acids is 1. The maximum atomic E-state index is 10.8. The van der Waals surface area contributed by atoms with Gasteiger partial charge in [-0.3, -0.25) is 9.69 Å². The number of benzene rings is 1. The lowest BCUT2D eigenvalue weighted by molar-refractivity contribution is -0.139. The molecule has 0 amide bonds. The van der Waals surface area contributed by atoms with E-state index < -0.39 is 5.97 Å². The number of carbonyl (C=O) groups is 1. The monoisotopic (exact) mass is 302 g/mol. The highest BCUT2D eigenvalue weighted by Gasteiger charge is 2.33. The van der Waals surface area contributed by atoms with Crippen molar-refractivity contribution in [3.8, 4) is 0 Å². The lowest BCUT2D eigenvalue weighted by Crippen LogP contribution is -2.53. The normalized spacial score (nSPS) is 21.2. The number of para-hydroxylation sites is 1. The largest absolute Gasteiger partial charge is 0.480 e. The zero-order chi connectivity index (χ0) is 15.5. The van der Waals surface area contributed by atoms with Gasteiger partial charge in [-0.25, -0.2) is 0 Å². The number of nitrogens with zero attached hydrogens (tertiary/aromatic N) is 1. The molecule has 0 spiro atoms. The molecule has 1 saturated carbocycles. The number of carboxylic acids is 1. The van der Waals surface area contributed by atoms with E-state index >= 15 is 0 Å². The van der Waals surface area contributed by atoms with Crippen molar-refractivity contribution in [1.82, 2.24) is 10.2 Å². The van der Waals surface area contributed by atoms with E-state index in [1.807, 2.05) is 30.0 Å². The van der Waals surface area contributed by atoms with Gasteiger partial charge >= 0.3 is 5.97 Å². The summed E-state index contributed by atoms with van der Waals surface area (Å²) >= 11 is 0. The van der Waals surface area contributed by atoms with Gasteiger partial charge in [-0.05, 0) is 25.5 Å². The van der Waals surface area contributed by atoms with E-state index in [0.717, 1.165) is 36.9 Å². The molecule has 0 saturated heterocycles. The number of nitrogens with one attached hydrogen (secondary N) is 1. The Hall–Kier alpha value is -1.85. The van der Waals surface area contributed by atoms with Crippen molar-refractivity contribution in [2.24, 2.45) is 0 Å². The standard InChI is InChI=1S/C17H22N2O3/c1-2-19(11-16(20)21)15-8-14(9-15)18-10-13-5-3-4-12-6-7-22-17(12)13/h3-7,14-15,18H,2,8-11H2,1H3,(H,20,21). The van der Waals surface area contributed by atoms with Crippen molar-refractivity contribution in [1.29, 1.82) is 0 Å². The number of rotatable bonds is 7. The lowest BCUT2D eigenvalue weighted by Gasteiger charge is -2.42. The van der Waals surface area contributed by atoms with Crippen molar-refractivity contribution in [3.63, 3.8) is 0 Å². The third-order valence-corrected chi connectivity index (χ3v) is 4.52. The minimum atomic E-state index is -0.747. The lowest BCUT2D eigenvalue weighted by atomic mass is 9.85. The Labute approximate surface area is 129 Å². The summed E-state index contributed by atoms with van der Waals surface area (Å²) in [6.45, 7) is 3.73. The van der Waals surface area contributed by atoms with Crippen LogP contribution in [0.4, 0.5) is 0 Å². The molecule has 1 fully saturated rings. The number of likely N-dealkylation sites (N-methyl/N-ethyl adjacent to an activating group) is 1. The second kappa shape index (κ2) is 6.50. The molecule has 5 heteroatoms. The molecule has 5 nitrogen and oxygen atoms in total. The predicted octanol–water partition coefficient (Wildman–Crippen LogP) is 2.46. The summed E-state index contributed by atoms with van der Waals surface area (Å²) in [4.78, 5) is 12.9. The summed E-state index contributed by atoms with van der Waals surface area (Å²) in [5, 5.41) is 13.6. The Morgan fingerprint density at radius 2 is 2.23 bits per heavy atom. The summed E-state index contributed by atoms with van der Waals surface area (Å²) in [5.41, 5.74) is 2.12. The van der Waals surface area contributed by atoms with E-state index in [1.54, 1.807) is 6.26 Å². The molecule has 118 valence electrons. The SMILES string of the molecule is CCN(CC(=O)O)C1CC(NCc2cccc3ccoc23)C1. The van der Waals surface area contributed by atoms with Crippen LogP contribution in [0.1, 0.15) is 25.3 Å². The Morgan fingerprint density at radius 1 is 1.41 bits per heavy atom. The Bertz CT molecular complexity index is 646. The maximum Gasteiger partial charge on any atom is 0.317 e. The van der Waals surface area contributed by atoms with E-state index in [1.165, 1.54) is 5.56 Å². The molecule has 1 aliphatic carbocycles. The molecule has 0 atom stereocenters. The van der Waals surface area contributed by atoms with Crippen molar-refractivity contribution in [2.45, 2.75) is 38.4 Å². The first kappa shape index (κ1) is 15.1. The van der Waals surface area contributed by atoms with Gasteiger partial charge in [0.25, 0.3) is 0 Å². The first-order chi connectivity index (χ1) is 10.7. The van der Waals surface area contributed by atoms with Crippen LogP contribution in [0.3, 0.4) is 0 Å². The quantitative estimate of drug-likeness (QED) is 0.822. The maximum absolute atomic E-state index is 10.8. The molecule has 1 aromatic heterocycles. The van der Waals surface area contributed by atoms with Crippen LogP contribution in [-0.4, -0.2) is 41.1 Å². The minimum absolute atomic E-state index is 0.138. The van der Waals surface area contributed by atoms with Crippen molar-refractivity contribution in [2.75, 3.05) is 13.1 Å². The first-order valence-corrected chi connectivity index (χ1v) is 7.81.